The quantitative estimate of drug-likeness (QED) is 0.840. The van der Waals surface area contributed by atoms with Gasteiger partial charge in [0, 0.05) is 6.42 Å². The second-order valence-corrected chi connectivity index (χ2v) is 4.58. The number of aromatic amines is 1. The van der Waals surface area contributed by atoms with Gasteiger partial charge in [-0.25, -0.2) is 5.10 Å². The lowest BCUT2D eigenvalue weighted by atomic mass is 9.96. The van der Waals surface area contributed by atoms with Crippen LogP contribution < -0.4 is 0 Å². The fourth-order valence-corrected chi connectivity index (χ4v) is 1.95. The molecule has 1 aromatic heterocycles. The minimum Gasteiger partial charge on any atom is -0.414 e. The number of aromatic nitrogens is 2. The third kappa shape index (κ3) is 3.03. The van der Waals surface area contributed by atoms with E-state index in [-0.39, 0.29) is 0 Å². The van der Waals surface area contributed by atoms with Gasteiger partial charge in [0.2, 0.25) is 5.89 Å². The second-order valence-electron chi connectivity index (χ2n) is 4.21. The number of hydrogen-bond acceptors (Lipinski definition) is 3. The van der Waals surface area contributed by atoms with Crippen molar-refractivity contribution in [2.24, 2.45) is 0 Å². The van der Waals surface area contributed by atoms with Gasteiger partial charge in [-0.2, -0.15) is 0 Å². The summed E-state index contributed by atoms with van der Waals surface area (Å²) in [5.41, 5.74) is 2.66. The van der Waals surface area contributed by atoms with Crippen LogP contribution in [0.25, 0.3) is 0 Å². The Labute approximate surface area is 106 Å². The van der Waals surface area contributed by atoms with E-state index in [2.05, 4.69) is 48.3 Å². The Morgan fingerprint density at radius 3 is 2.59 bits per heavy atom. The molecule has 17 heavy (non-hydrogen) atoms. The van der Waals surface area contributed by atoms with E-state index in [0.29, 0.717) is 16.6 Å². The molecule has 0 amide bonds. The molecule has 0 radical (unpaired) electrons. The second kappa shape index (κ2) is 5.27. The Balaban J connectivity index is 2.08. The summed E-state index contributed by atoms with van der Waals surface area (Å²) in [6.07, 6.45) is 1.83. The van der Waals surface area contributed by atoms with Crippen LogP contribution in [0.4, 0.5) is 0 Å². The van der Waals surface area contributed by atoms with Gasteiger partial charge in [-0.05, 0) is 35.7 Å². The molecule has 1 atom stereocenters. The van der Waals surface area contributed by atoms with E-state index in [1.54, 1.807) is 0 Å². The maximum atomic E-state index is 5.27. The van der Waals surface area contributed by atoms with Crippen LogP contribution in [0.2, 0.25) is 0 Å². The third-order valence-electron chi connectivity index (χ3n) is 2.92. The van der Waals surface area contributed by atoms with Crippen LogP contribution in [0.1, 0.15) is 36.8 Å². The molecule has 0 spiro atoms. The summed E-state index contributed by atoms with van der Waals surface area (Å²) in [7, 11) is 0. The van der Waals surface area contributed by atoms with Gasteiger partial charge in [0.05, 0.1) is 0 Å². The van der Waals surface area contributed by atoms with Crippen molar-refractivity contribution in [1.29, 1.82) is 0 Å². The minimum absolute atomic E-state index is 0.341. The molecule has 0 bridgehead atoms. The summed E-state index contributed by atoms with van der Waals surface area (Å²) in [5, 5.41) is 6.66. The Morgan fingerprint density at radius 1 is 1.35 bits per heavy atom. The minimum atomic E-state index is 0.341. The maximum absolute atomic E-state index is 5.27. The molecule has 0 aliphatic carbocycles. The fourth-order valence-electron chi connectivity index (χ4n) is 1.81. The molecule has 1 N–H and O–H groups in total. The van der Waals surface area contributed by atoms with Crippen LogP contribution in [0.15, 0.2) is 28.7 Å². The average molecular weight is 248 g/mol. The van der Waals surface area contributed by atoms with E-state index in [0.717, 1.165) is 12.8 Å². The van der Waals surface area contributed by atoms with Crippen molar-refractivity contribution < 1.29 is 4.42 Å². The zero-order valence-corrected chi connectivity index (χ0v) is 10.9. The van der Waals surface area contributed by atoms with Gasteiger partial charge in [-0.1, -0.05) is 38.1 Å². The number of nitrogens with zero attached hydrogens (tertiary/aromatic N) is 1. The Kier molecular flexibility index (Phi) is 3.74. The first-order valence-corrected chi connectivity index (χ1v) is 6.23. The zero-order chi connectivity index (χ0) is 12.3. The Hall–Kier alpha value is -1.42. The molecule has 90 valence electrons. The summed E-state index contributed by atoms with van der Waals surface area (Å²) in [5.74, 6) is 1.05. The number of aryl methyl sites for hydroxylation is 1. The predicted molar refractivity (Wildman–Crippen MR) is 69.6 cm³/mol. The molecular weight excluding hydrogens is 232 g/mol. The van der Waals surface area contributed by atoms with Crippen LogP contribution in [0.3, 0.4) is 0 Å². The van der Waals surface area contributed by atoms with E-state index in [1.165, 1.54) is 11.1 Å². The number of nitrogens with one attached hydrogen (secondary N) is 1. The summed E-state index contributed by atoms with van der Waals surface area (Å²) >= 11 is 4.85. The van der Waals surface area contributed by atoms with Crippen molar-refractivity contribution in [3.63, 3.8) is 0 Å². The van der Waals surface area contributed by atoms with E-state index < -0.39 is 0 Å². The molecule has 0 aliphatic rings. The first kappa shape index (κ1) is 12.0. The number of H-pyrrole nitrogens is 1. The highest BCUT2D eigenvalue weighted by Gasteiger charge is 2.10. The fraction of sp³-hybridized carbons (Fsp3) is 0.385. The van der Waals surface area contributed by atoms with Crippen molar-refractivity contribution in [2.45, 2.75) is 32.6 Å². The largest absolute Gasteiger partial charge is 0.414 e. The lowest BCUT2D eigenvalue weighted by molar-refractivity contribution is 0.466. The maximum Gasteiger partial charge on any atom is 0.284 e. The summed E-state index contributed by atoms with van der Waals surface area (Å²) in [4.78, 5) is 0.341. The van der Waals surface area contributed by atoms with Gasteiger partial charge in [0.15, 0.2) is 0 Å². The van der Waals surface area contributed by atoms with Crippen molar-refractivity contribution in [3.8, 4) is 0 Å². The smallest absolute Gasteiger partial charge is 0.284 e. The van der Waals surface area contributed by atoms with Crippen molar-refractivity contribution in [2.75, 3.05) is 0 Å². The van der Waals surface area contributed by atoms with Crippen LogP contribution in [-0.2, 0) is 12.8 Å². The molecule has 1 heterocycles. The van der Waals surface area contributed by atoms with E-state index in [4.69, 9.17) is 16.6 Å². The van der Waals surface area contributed by atoms with Crippen molar-refractivity contribution in [3.05, 3.63) is 46.1 Å². The van der Waals surface area contributed by atoms with E-state index >= 15 is 0 Å². The highest BCUT2D eigenvalue weighted by atomic mass is 32.1. The van der Waals surface area contributed by atoms with Crippen LogP contribution in [0, 0.1) is 4.84 Å². The molecule has 4 heteroatoms. The lowest BCUT2D eigenvalue weighted by Gasteiger charge is -2.09. The van der Waals surface area contributed by atoms with Gasteiger partial charge in [-0.3, -0.25) is 0 Å². The first-order valence-electron chi connectivity index (χ1n) is 5.82. The zero-order valence-electron chi connectivity index (χ0n) is 10.1. The average Bonchev–Trinajstić information content (AvgIpc) is 2.75. The predicted octanol–water partition coefficient (Wildman–Crippen LogP) is 3.64. The van der Waals surface area contributed by atoms with Crippen LogP contribution in [-0.4, -0.2) is 10.2 Å². The van der Waals surface area contributed by atoms with E-state index in [9.17, 15) is 0 Å². The SMILES string of the molecule is CCc1ccc(C(C)Cc2n[nH]c(=S)o2)cc1. The molecular formula is C13H16N2OS. The lowest BCUT2D eigenvalue weighted by Crippen LogP contribution is -1.99. The standard InChI is InChI=1S/C13H16N2OS/c1-3-10-4-6-11(7-5-10)9(2)8-12-14-15-13(17)16-12/h4-7,9H,3,8H2,1-2H3,(H,15,17). The Bertz CT molecular complexity index is 527. The monoisotopic (exact) mass is 248 g/mol. The highest BCUT2D eigenvalue weighted by molar-refractivity contribution is 7.71. The summed E-state index contributed by atoms with van der Waals surface area (Å²) < 4.78 is 5.27. The topological polar surface area (TPSA) is 41.8 Å². The van der Waals surface area contributed by atoms with Crippen molar-refractivity contribution in [1.82, 2.24) is 10.2 Å². The molecule has 2 aromatic rings. The van der Waals surface area contributed by atoms with Crippen LogP contribution in [0.5, 0.6) is 0 Å². The third-order valence-corrected chi connectivity index (χ3v) is 3.09. The van der Waals surface area contributed by atoms with Gasteiger partial charge >= 0.3 is 0 Å². The molecule has 0 saturated carbocycles. The summed E-state index contributed by atoms with van der Waals surface area (Å²) in [6.45, 7) is 4.32. The van der Waals surface area contributed by atoms with Crippen molar-refractivity contribution >= 4 is 12.2 Å². The highest BCUT2D eigenvalue weighted by Crippen LogP contribution is 2.20. The Morgan fingerprint density at radius 2 is 2.06 bits per heavy atom. The molecule has 2 rings (SSSR count). The molecule has 0 fully saturated rings. The molecule has 1 unspecified atom stereocenters. The number of rotatable bonds is 4. The molecule has 0 aliphatic heterocycles. The molecule has 1 aromatic carbocycles. The van der Waals surface area contributed by atoms with Gasteiger partial charge in [-0.15, -0.1) is 5.10 Å². The number of benzene rings is 1. The molecule has 0 saturated heterocycles. The first-order chi connectivity index (χ1) is 8.19. The van der Waals surface area contributed by atoms with Gasteiger partial charge in [0.25, 0.3) is 4.84 Å². The summed E-state index contributed by atoms with van der Waals surface area (Å²) in [6, 6.07) is 8.69. The van der Waals surface area contributed by atoms with Gasteiger partial charge in [0.1, 0.15) is 0 Å². The van der Waals surface area contributed by atoms with E-state index in [1.807, 2.05) is 0 Å². The molecule has 3 nitrogen and oxygen atoms in total. The number of hydrogen-bond donors (Lipinski definition) is 1. The van der Waals surface area contributed by atoms with Crippen LogP contribution >= 0.6 is 12.2 Å². The van der Waals surface area contributed by atoms with Gasteiger partial charge < -0.3 is 4.42 Å². The normalized spacial score (nSPS) is 12.6.